The van der Waals surface area contributed by atoms with Gasteiger partial charge in [-0.25, -0.2) is 4.98 Å². The van der Waals surface area contributed by atoms with Crippen LogP contribution in [0.25, 0.3) is 15.3 Å². The van der Waals surface area contributed by atoms with E-state index in [1.54, 1.807) is 22.9 Å². The number of fused-ring (bicyclic) bond motifs is 1. The van der Waals surface area contributed by atoms with Gasteiger partial charge in [0.1, 0.15) is 22.8 Å². The Morgan fingerprint density at radius 3 is 2.76 bits per heavy atom. The predicted octanol–water partition coefficient (Wildman–Crippen LogP) is 4.45. The number of anilines is 1. The van der Waals surface area contributed by atoms with Crippen LogP contribution in [0.4, 0.5) is 5.82 Å². The number of carbonyl (C=O) groups excluding carboxylic acids is 1. The second kappa shape index (κ2) is 7.92. The van der Waals surface area contributed by atoms with Crippen molar-refractivity contribution in [3.8, 4) is 16.6 Å². The molecule has 2 aromatic heterocycles. The van der Waals surface area contributed by atoms with Gasteiger partial charge in [-0.1, -0.05) is 29.5 Å². The summed E-state index contributed by atoms with van der Waals surface area (Å²) in [6.45, 7) is 4.37. The van der Waals surface area contributed by atoms with Gasteiger partial charge < -0.3 is 14.8 Å². The van der Waals surface area contributed by atoms with Gasteiger partial charge in [0.25, 0.3) is 5.91 Å². The van der Waals surface area contributed by atoms with E-state index in [1.807, 2.05) is 44.2 Å². The maximum absolute atomic E-state index is 12.8. The lowest BCUT2D eigenvalue weighted by Gasteiger charge is -2.09. The van der Waals surface area contributed by atoms with Gasteiger partial charge in [-0.2, -0.15) is 9.78 Å². The number of hydrogen-bond donors (Lipinski definition) is 1. The summed E-state index contributed by atoms with van der Waals surface area (Å²) in [7, 11) is 1.54. The number of methoxy groups -OCH3 is 1. The molecule has 7 nitrogen and oxygen atoms in total. The second-order valence-electron chi connectivity index (χ2n) is 6.27. The number of amides is 1. The number of aryl methyl sites for hydroxylation is 1. The van der Waals surface area contributed by atoms with E-state index in [1.165, 1.54) is 18.4 Å². The summed E-state index contributed by atoms with van der Waals surface area (Å²) in [4.78, 5) is 17.5. The molecular weight excluding hydrogens is 388 g/mol. The van der Waals surface area contributed by atoms with Gasteiger partial charge >= 0.3 is 0 Å². The van der Waals surface area contributed by atoms with Gasteiger partial charge in [-0.3, -0.25) is 4.79 Å². The monoisotopic (exact) mass is 408 g/mol. The van der Waals surface area contributed by atoms with Gasteiger partial charge in [-0.15, -0.1) is 0 Å². The summed E-state index contributed by atoms with van der Waals surface area (Å²) in [6, 6.07) is 14.7. The standard InChI is InChI=1S/C21H20N4O3S/c1-4-28-16-10-7-11-17-19(16)23-21(29-17)25-18(12-13(2)24-25)22-20(26)14-8-5-6-9-15(14)27-3/h5-12H,4H2,1-3H3,(H,22,26). The van der Waals surface area contributed by atoms with Crippen LogP contribution in [-0.2, 0) is 0 Å². The zero-order chi connectivity index (χ0) is 20.4. The molecule has 4 rings (SSSR count). The smallest absolute Gasteiger partial charge is 0.260 e. The largest absolute Gasteiger partial charge is 0.496 e. The van der Waals surface area contributed by atoms with Crippen LogP contribution >= 0.6 is 11.3 Å². The summed E-state index contributed by atoms with van der Waals surface area (Å²) in [5.74, 6) is 1.50. The van der Waals surface area contributed by atoms with Crippen LogP contribution in [0.3, 0.4) is 0 Å². The summed E-state index contributed by atoms with van der Waals surface area (Å²) in [5.41, 5.74) is 2.00. The lowest BCUT2D eigenvalue weighted by Crippen LogP contribution is -2.16. The van der Waals surface area contributed by atoms with Crippen molar-refractivity contribution in [3.05, 3.63) is 59.8 Å². The molecule has 0 aliphatic rings. The topological polar surface area (TPSA) is 78.3 Å². The Labute approximate surface area is 171 Å². The average molecular weight is 408 g/mol. The first-order valence-electron chi connectivity index (χ1n) is 9.14. The number of nitrogens with zero attached hydrogens (tertiary/aromatic N) is 3. The van der Waals surface area contributed by atoms with Gasteiger partial charge in [-0.05, 0) is 38.1 Å². The average Bonchev–Trinajstić information content (AvgIpc) is 3.31. The Morgan fingerprint density at radius 1 is 1.17 bits per heavy atom. The fraction of sp³-hybridized carbons (Fsp3) is 0.190. The molecule has 8 heteroatoms. The molecule has 1 N–H and O–H groups in total. The number of carbonyl (C=O) groups is 1. The van der Waals surface area contributed by atoms with E-state index in [2.05, 4.69) is 10.4 Å². The van der Waals surface area contributed by atoms with E-state index in [-0.39, 0.29) is 5.91 Å². The summed E-state index contributed by atoms with van der Waals surface area (Å²) < 4.78 is 13.6. The number of aromatic nitrogens is 3. The van der Waals surface area contributed by atoms with Gasteiger partial charge in [0.05, 0.1) is 29.7 Å². The minimum Gasteiger partial charge on any atom is -0.496 e. The first kappa shape index (κ1) is 18.9. The van der Waals surface area contributed by atoms with Crippen molar-refractivity contribution in [1.29, 1.82) is 0 Å². The van der Waals surface area contributed by atoms with Crippen molar-refractivity contribution in [2.75, 3.05) is 19.0 Å². The number of nitrogens with one attached hydrogen (secondary N) is 1. The number of benzene rings is 2. The van der Waals surface area contributed by atoms with Crippen LogP contribution in [0.1, 0.15) is 23.0 Å². The van der Waals surface area contributed by atoms with Crippen LogP contribution in [0.15, 0.2) is 48.5 Å². The van der Waals surface area contributed by atoms with Gasteiger partial charge in [0.2, 0.25) is 5.13 Å². The Balaban J connectivity index is 1.71. The van der Waals surface area contributed by atoms with Crippen molar-refractivity contribution in [1.82, 2.24) is 14.8 Å². The molecule has 0 saturated carbocycles. The Hall–Kier alpha value is -3.39. The van der Waals surface area contributed by atoms with E-state index in [0.717, 1.165) is 21.7 Å². The maximum Gasteiger partial charge on any atom is 0.260 e. The second-order valence-corrected chi connectivity index (χ2v) is 7.28. The maximum atomic E-state index is 12.8. The Kier molecular flexibility index (Phi) is 5.18. The van der Waals surface area contributed by atoms with Crippen LogP contribution in [-0.4, -0.2) is 34.4 Å². The molecule has 0 aliphatic heterocycles. The molecule has 29 heavy (non-hydrogen) atoms. The van der Waals surface area contributed by atoms with Crippen LogP contribution in [0, 0.1) is 6.92 Å². The first-order valence-corrected chi connectivity index (χ1v) is 9.96. The Bertz CT molecular complexity index is 1180. The molecule has 2 heterocycles. The lowest BCUT2D eigenvalue weighted by molar-refractivity contribution is 0.102. The van der Waals surface area contributed by atoms with Crippen LogP contribution < -0.4 is 14.8 Å². The van der Waals surface area contributed by atoms with Crippen molar-refractivity contribution in [2.24, 2.45) is 0 Å². The van der Waals surface area contributed by atoms with E-state index >= 15 is 0 Å². The molecule has 2 aromatic carbocycles. The van der Waals surface area contributed by atoms with Crippen molar-refractivity contribution >= 4 is 33.3 Å². The molecule has 0 aliphatic carbocycles. The highest BCUT2D eigenvalue weighted by molar-refractivity contribution is 7.20. The molecule has 0 fully saturated rings. The molecule has 0 saturated heterocycles. The van der Waals surface area contributed by atoms with E-state index in [9.17, 15) is 4.79 Å². The Morgan fingerprint density at radius 2 is 1.97 bits per heavy atom. The molecule has 0 radical (unpaired) electrons. The quantitative estimate of drug-likeness (QED) is 0.510. The highest BCUT2D eigenvalue weighted by Gasteiger charge is 2.18. The molecule has 0 spiro atoms. The molecular formula is C21H20N4O3S. The third-order valence-corrected chi connectivity index (χ3v) is 5.27. The predicted molar refractivity (Wildman–Crippen MR) is 114 cm³/mol. The number of hydrogen-bond acceptors (Lipinski definition) is 6. The van der Waals surface area contributed by atoms with Crippen LogP contribution in [0.5, 0.6) is 11.5 Å². The highest BCUT2D eigenvalue weighted by Crippen LogP contribution is 2.33. The summed E-state index contributed by atoms with van der Waals surface area (Å²) in [6.07, 6.45) is 0. The molecule has 0 bridgehead atoms. The number of thiazole rings is 1. The third-order valence-electron chi connectivity index (χ3n) is 4.28. The van der Waals surface area contributed by atoms with E-state index < -0.39 is 0 Å². The molecule has 0 unspecified atom stereocenters. The zero-order valence-corrected chi connectivity index (χ0v) is 17.1. The number of para-hydroxylation sites is 2. The van der Waals surface area contributed by atoms with E-state index in [4.69, 9.17) is 14.5 Å². The normalized spacial score (nSPS) is 10.9. The summed E-state index contributed by atoms with van der Waals surface area (Å²) in [5, 5.41) is 8.09. The van der Waals surface area contributed by atoms with Crippen LogP contribution in [0.2, 0.25) is 0 Å². The molecule has 0 atom stereocenters. The van der Waals surface area contributed by atoms with Crippen molar-refractivity contribution < 1.29 is 14.3 Å². The SMILES string of the molecule is CCOc1cccc2sc(-n3nc(C)cc3NC(=O)c3ccccc3OC)nc12. The van der Waals surface area contributed by atoms with E-state index in [0.29, 0.717) is 28.9 Å². The fourth-order valence-electron chi connectivity index (χ4n) is 3.02. The zero-order valence-electron chi connectivity index (χ0n) is 16.3. The summed E-state index contributed by atoms with van der Waals surface area (Å²) >= 11 is 1.48. The fourth-order valence-corrected chi connectivity index (χ4v) is 3.97. The van der Waals surface area contributed by atoms with Crippen molar-refractivity contribution in [2.45, 2.75) is 13.8 Å². The lowest BCUT2D eigenvalue weighted by atomic mass is 10.2. The highest BCUT2D eigenvalue weighted by atomic mass is 32.1. The number of ether oxygens (including phenoxy) is 2. The third kappa shape index (κ3) is 3.66. The minimum absolute atomic E-state index is 0.278. The molecule has 1 amide bonds. The van der Waals surface area contributed by atoms with Crippen molar-refractivity contribution in [3.63, 3.8) is 0 Å². The molecule has 4 aromatic rings. The van der Waals surface area contributed by atoms with Gasteiger partial charge in [0.15, 0.2) is 0 Å². The minimum atomic E-state index is -0.278. The number of rotatable bonds is 6. The van der Waals surface area contributed by atoms with Gasteiger partial charge in [0, 0.05) is 6.07 Å². The first-order chi connectivity index (χ1) is 14.1. The molecule has 148 valence electrons.